The van der Waals surface area contributed by atoms with Gasteiger partial charge in [-0.2, -0.15) is 11.3 Å². The number of aryl methyl sites for hydroxylation is 2. The zero-order chi connectivity index (χ0) is 13.5. The Morgan fingerprint density at radius 3 is 2.00 bits per heavy atom. The van der Waals surface area contributed by atoms with Crippen molar-refractivity contribution >= 4 is 11.3 Å². The lowest BCUT2D eigenvalue weighted by Crippen LogP contribution is -1.83. The molecular formula is C18H18S. The molecule has 0 radical (unpaired) electrons. The second-order valence-corrected chi connectivity index (χ2v) is 5.29. The largest absolute Gasteiger partial charge is 0.152 e. The molecule has 0 unspecified atom stereocenters. The van der Waals surface area contributed by atoms with Gasteiger partial charge in [-0.05, 0) is 41.3 Å². The smallest absolute Gasteiger partial charge is 0.00934 e. The molecule has 0 atom stereocenters. The lowest BCUT2D eigenvalue weighted by molar-refractivity contribution is 1.39. The topological polar surface area (TPSA) is 0 Å². The van der Waals surface area contributed by atoms with Crippen LogP contribution in [0.15, 0.2) is 71.4 Å². The predicted octanol–water partition coefficient (Wildman–Crippen LogP) is 5.72. The van der Waals surface area contributed by atoms with E-state index in [1.807, 2.05) is 22.9 Å². The first-order chi connectivity index (χ1) is 9.27. The van der Waals surface area contributed by atoms with Crippen molar-refractivity contribution in [3.8, 4) is 11.1 Å². The monoisotopic (exact) mass is 266 g/mol. The van der Waals surface area contributed by atoms with Gasteiger partial charge in [0.25, 0.3) is 0 Å². The number of benzene rings is 2. The maximum Gasteiger partial charge on any atom is -0.00934 e. The molecule has 0 spiro atoms. The van der Waals surface area contributed by atoms with E-state index in [-0.39, 0.29) is 0 Å². The second kappa shape index (κ2) is 6.91. The van der Waals surface area contributed by atoms with Crippen molar-refractivity contribution in [2.45, 2.75) is 13.8 Å². The maximum atomic E-state index is 2.24. The summed E-state index contributed by atoms with van der Waals surface area (Å²) >= 11 is 1.71. The summed E-state index contributed by atoms with van der Waals surface area (Å²) < 4.78 is 0. The molecule has 0 N–H and O–H groups in total. The summed E-state index contributed by atoms with van der Waals surface area (Å²) in [6.07, 6.45) is 0. The molecule has 96 valence electrons. The van der Waals surface area contributed by atoms with Crippen LogP contribution < -0.4 is 0 Å². The summed E-state index contributed by atoms with van der Waals surface area (Å²) in [6.45, 7) is 4.29. The Hall–Kier alpha value is -1.86. The van der Waals surface area contributed by atoms with E-state index in [1.165, 1.54) is 22.3 Å². The third-order valence-corrected chi connectivity index (χ3v) is 3.53. The van der Waals surface area contributed by atoms with E-state index < -0.39 is 0 Å². The minimum atomic E-state index is 1.30. The van der Waals surface area contributed by atoms with Gasteiger partial charge in [-0.1, -0.05) is 66.2 Å². The first kappa shape index (κ1) is 13.6. The molecule has 0 nitrogen and oxygen atoms in total. The van der Waals surface area contributed by atoms with E-state index in [1.54, 1.807) is 11.3 Å². The summed E-state index contributed by atoms with van der Waals surface area (Å²) in [6, 6.07) is 21.1. The molecule has 0 aliphatic heterocycles. The van der Waals surface area contributed by atoms with Gasteiger partial charge in [-0.15, -0.1) is 0 Å². The van der Waals surface area contributed by atoms with Crippen LogP contribution in [0.2, 0.25) is 0 Å². The fourth-order valence-corrected chi connectivity index (χ4v) is 2.34. The van der Waals surface area contributed by atoms with Crippen molar-refractivity contribution in [2.75, 3.05) is 0 Å². The van der Waals surface area contributed by atoms with Crippen molar-refractivity contribution in [3.05, 3.63) is 82.6 Å². The third kappa shape index (κ3) is 4.08. The highest BCUT2D eigenvalue weighted by Gasteiger charge is 2.00. The average Bonchev–Trinajstić information content (AvgIpc) is 3.02. The number of thiophene rings is 1. The van der Waals surface area contributed by atoms with Crippen molar-refractivity contribution in [2.24, 2.45) is 0 Å². The van der Waals surface area contributed by atoms with Crippen LogP contribution in [0.1, 0.15) is 11.1 Å². The van der Waals surface area contributed by atoms with Crippen LogP contribution in [0.25, 0.3) is 11.1 Å². The normalized spacial score (nSPS) is 9.58. The minimum absolute atomic E-state index is 1.30. The summed E-state index contributed by atoms with van der Waals surface area (Å²) in [7, 11) is 0. The van der Waals surface area contributed by atoms with Gasteiger partial charge in [-0.25, -0.2) is 0 Å². The molecule has 3 rings (SSSR count). The first-order valence-corrected chi connectivity index (χ1v) is 7.31. The van der Waals surface area contributed by atoms with Crippen molar-refractivity contribution in [3.63, 3.8) is 0 Å². The standard InChI is InChI=1S/C14H14.C4H4S/c1-11-8-9-12(2)14(10-11)13-6-4-3-5-7-13;1-2-4-5-3-1/h3-10H,1-2H3;1-4H. The van der Waals surface area contributed by atoms with Gasteiger partial charge in [0.2, 0.25) is 0 Å². The number of hydrogen-bond donors (Lipinski definition) is 0. The molecule has 0 amide bonds. The lowest BCUT2D eigenvalue weighted by Gasteiger charge is -2.06. The van der Waals surface area contributed by atoms with Crippen molar-refractivity contribution in [1.82, 2.24) is 0 Å². The van der Waals surface area contributed by atoms with Crippen LogP contribution in [-0.4, -0.2) is 0 Å². The summed E-state index contributed by atoms with van der Waals surface area (Å²) in [5, 5.41) is 4.08. The lowest BCUT2D eigenvalue weighted by atomic mass is 9.99. The quantitative estimate of drug-likeness (QED) is 0.528. The molecule has 0 aliphatic rings. The molecule has 1 heteroatoms. The highest BCUT2D eigenvalue weighted by atomic mass is 32.1. The van der Waals surface area contributed by atoms with E-state index in [2.05, 4.69) is 62.4 Å². The zero-order valence-corrected chi connectivity index (χ0v) is 12.2. The molecule has 1 heterocycles. The Morgan fingerprint density at radius 2 is 1.42 bits per heavy atom. The second-order valence-electron chi connectivity index (χ2n) is 4.48. The van der Waals surface area contributed by atoms with Gasteiger partial charge < -0.3 is 0 Å². The molecule has 0 saturated carbocycles. The van der Waals surface area contributed by atoms with E-state index in [0.717, 1.165) is 0 Å². The van der Waals surface area contributed by atoms with Crippen LogP contribution in [-0.2, 0) is 0 Å². The van der Waals surface area contributed by atoms with Crippen LogP contribution in [0.3, 0.4) is 0 Å². The Bertz CT molecular complexity index is 578. The first-order valence-electron chi connectivity index (χ1n) is 6.37. The Balaban J connectivity index is 0.000000224. The van der Waals surface area contributed by atoms with Gasteiger partial charge in [0.15, 0.2) is 0 Å². The molecule has 0 bridgehead atoms. The average molecular weight is 266 g/mol. The summed E-state index contributed by atoms with van der Waals surface area (Å²) in [5.41, 5.74) is 5.29. The SMILES string of the molecule is Cc1ccc(C)c(-c2ccccc2)c1.c1ccsc1. The Kier molecular flexibility index (Phi) is 4.93. The highest BCUT2D eigenvalue weighted by Crippen LogP contribution is 2.23. The van der Waals surface area contributed by atoms with Gasteiger partial charge in [0.1, 0.15) is 0 Å². The number of hydrogen-bond acceptors (Lipinski definition) is 1. The van der Waals surface area contributed by atoms with Gasteiger partial charge >= 0.3 is 0 Å². The molecule has 1 aromatic heterocycles. The fourth-order valence-electron chi connectivity index (χ4n) is 1.89. The van der Waals surface area contributed by atoms with Gasteiger partial charge in [0, 0.05) is 0 Å². The van der Waals surface area contributed by atoms with Crippen molar-refractivity contribution in [1.29, 1.82) is 0 Å². The van der Waals surface area contributed by atoms with Gasteiger partial charge in [-0.3, -0.25) is 0 Å². The fraction of sp³-hybridized carbons (Fsp3) is 0.111. The molecule has 3 aromatic rings. The molecule has 0 saturated heterocycles. The summed E-state index contributed by atoms with van der Waals surface area (Å²) in [5.74, 6) is 0. The Labute approximate surface area is 119 Å². The molecule has 0 fully saturated rings. The molecular weight excluding hydrogens is 248 g/mol. The van der Waals surface area contributed by atoms with Crippen LogP contribution in [0, 0.1) is 13.8 Å². The maximum absolute atomic E-state index is 2.24. The minimum Gasteiger partial charge on any atom is -0.152 e. The predicted molar refractivity (Wildman–Crippen MR) is 85.7 cm³/mol. The molecule has 0 aliphatic carbocycles. The molecule has 2 aromatic carbocycles. The zero-order valence-electron chi connectivity index (χ0n) is 11.3. The van der Waals surface area contributed by atoms with Crippen LogP contribution in [0.4, 0.5) is 0 Å². The van der Waals surface area contributed by atoms with Crippen molar-refractivity contribution < 1.29 is 0 Å². The van der Waals surface area contributed by atoms with E-state index in [4.69, 9.17) is 0 Å². The Morgan fingerprint density at radius 1 is 0.737 bits per heavy atom. The van der Waals surface area contributed by atoms with Gasteiger partial charge in [0.05, 0.1) is 0 Å². The van der Waals surface area contributed by atoms with E-state index in [9.17, 15) is 0 Å². The summed E-state index contributed by atoms with van der Waals surface area (Å²) in [4.78, 5) is 0. The molecule has 19 heavy (non-hydrogen) atoms. The van der Waals surface area contributed by atoms with Crippen LogP contribution >= 0.6 is 11.3 Å². The number of rotatable bonds is 1. The van der Waals surface area contributed by atoms with E-state index >= 15 is 0 Å². The van der Waals surface area contributed by atoms with Crippen LogP contribution in [0.5, 0.6) is 0 Å². The highest BCUT2D eigenvalue weighted by molar-refractivity contribution is 7.07. The van der Waals surface area contributed by atoms with E-state index in [0.29, 0.717) is 0 Å². The third-order valence-electron chi connectivity index (χ3n) is 2.90.